The van der Waals surface area contributed by atoms with Gasteiger partial charge in [-0.05, 0) is 50.4 Å². The first-order valence-corrected chi connectivity index (χ1v) is 7.16. The average molecular weight is 236 g/mol. The Morgan fingerprint density at radius 2 is 1.94 bits per heavy atom. The van der Waals surface area contributed by atoms with Gasteiger partial charge < -0.3 is 10.6 Å². The molecule has 17 heavy (non-hydrogen) atoms. The van der Waals surface area contributed by atoms with Crippen molar-refractivity contribution >= 4 is 5.91 Å². The topological polar surface area (TPSA) is 46.3 Å². The van der Waals surface area contributed by atoms with Crippen molar-refractivity contribution in [1.82, 2.24) is 4.90 Å². The maximum absolute atomic E-state index is 12.7. The van der Waals surface area contributed by atoms with Crippen LogP contribution in [0.15, 0.2) is 0 Å². The lowest BCUT2D eigenvalue weighted by Gasteiger charge is -2.47. The zero-order valence-electron chi connectivity index (χ0n) is 10.8. The van der Waals surface area contributed by atoms with E-state index in [1.54, 1.807) is 0 Å². The molecule has 0 heterocycles. The molecule has 0 aromatic rings. The Labute approximate surface area is 104 Å². The predicted octanol–water partition coefficient (Wildman–Crippen LogP) is 1.76. The lowest BCUT2D eigenvalue weighted by Crippen LogP contribution is -2.55. The van der Waals surface area contributed by atoms with Crippen LogP contribution < -0.4 is 5.73 Å². The maximum Gasteiger partial charge on any atom is 0.230 e. The predicted molar refractivity (Wildman–Crippen MR) is 67.3 cm³/mol. The van der Waals surface area contributed by atoms with Gasteiger partial charge in [-0.15, -0.1) is 0 Å². The SMILES string of the molecule is CC1CC(CN)(C(=O)N(CC2CC2)C2CC2)C1. The molecular formula is C14H24N2O. The van der Waals surface area contributed by atoms with Gasteiger partial charge in [-0.25, -0.2) is 0 Å². The molecule has 3 aliphatic carbocycles. The van der Waals surface area contributed by atoms with Gasteiger partial charge in [0.15, 0.2) is 0 Å². The van der Waals surface area contributed by atoms with Gasteiger partial charge in [-0.2, -0.15) is 0 Å². The highest BCUT2D eigenvalue weighted by Crippen LogP contribution is 2.48. The summed E-state index contributed by atoms with van der Waals surface area (Å²) >= 11 is 0. The summed E-state index contributed by atoms with van der Waals surface area (Å²) in [6, 6.07) is 0.558. The summed E-state index contributed by atoms with van der Waals surface area (Å²) < 4.78 is 0. The number of rotatable bonds is 5. The number of hydrogen-bond acceptors (Lipinski definition) is 2. The van der Waals surface area contributed by atoms with Crippen molar-refractivity contribution in [3.63, 3.8) is 0 Å². The third kappa shape index (κ3) is 2.10. The molecule has 3 saturated carbocycles. The summed E-state index contributed by atoms with van der Waals surface area (Å²) in [6.45, 7) is 3.78. The van der Waals surface area contributed by atoms with Gasteiger partial charge in [0.05, 0.1) is 5.41 Å². The highest BCUT2D eigenvalue weighted by atomic mass is 16.2. The first-order valence-electron chi connectivity index (χ1n) is 7.16. The zero-order chi connectivity index (χ0) is 12.0. The van der Waals surface area contributed by atoms with Crippen molar-refractivity contribution in [3.05, 3.63) is 0 Å². The Morgan fingerprint density at radius 1 is 1.29 bits per heavy atom. The molecule has 3 heteroatoms. The number of amides is 1. The molecule has 3 nitrogen and oxygen atoms in total. The van der Waals surface area contributed by atoms with E-state index in [1.807, 2.05) is 0 Å². The third-order valence-corrected chi connectivity index (χ3v) is 4.72. The number of nitrogens with two attached hydrogens (primary N) is 1. The van der Waals surface area contributed by atoms with Crippen molar-refractivity contribution in [2.45, 2.75) is 51.5 Å². The van der Waals surface area contributed by atoms with Gasteiger partial charge in [-0.3, -0.25) is 4.79 Å². The lowest BCUT2D eigenvalue weighted by molar-refractivity contribution is -0.150. The van der Waals surface area contributed by atoms with Crippen molar-refractivity contribution in [1.29, 1.82) is 0 Å². The minimum atomic E-state index is -0.184. The molecule has 1 amide bonds. The van der Waals surface area contributed by atoms with Gasteiger partial charge >= 0.3 is 0 Å². The lowest BCUT2D eigenvalue weighted by atomic mass is 9.61. The second-order valence-electron chi connectivity index (χ2n) is 6.63. The summed E-state index contributed by atoms with van der Waals surface area (Å²) in [6.07, 6.45) is 7.10. The van der Waals surface area contributed by atoms with Crippen LogP contribution in [0.3, 0.4) is 0 Å². The molecule has 0 radical (unpaired) electrons. The molecule has 0 bridgehead atoms. The monoisotopic (exact) mass is 236 g/mol. The summed E-state index contributed by atoms with van der Waals surface area (Å²) in [5.41, 5.74) is 5.71. The highest BCUT2D eigenvalue weighted by Gasteiger charge is 2.51. The van der Waals surface area contributed by atoms with Crippen LogP contribution in [0, 0.1) is 17.3 Å². The van der Waals surface area contributed by atoms with Crippen molar-refractivity contribution in [3.8, 4) is 0 Å². The standard InChI is InChI=1S/C14H24N2O/c1-10-6-14(7-10,9-15)13(17)16(12-4-5-12)8-11-2-3-11/h10-12H,2-9,15H2,1H3. The van der Waals surface area contributed by atoms with Crippen molar-refractivity contribution < 1.29 is 4.79 Å². The van der Waals surface area contributed by atoms with E-state index in [0.29, 0.717) is 24.4 Å². The van der Waals surface area contributed by atoms with Crippen LogP contribution in [0.25, 0.3) is 0 Å². The second kappa shape index (κ2) is 3.98. The Kier molecular flexibility index (Phi) is 2.69. The van der Waals surface area contributed by atoms with Crippen LogP contribution in [0.5, 0.6) is 0 Å². The average Bonchev–Trinajstić information content (AvgIpc) is 3.13. The molecule has 3 aliphatic rings. The molecule has 0 aromatic heterocycles. The fourth-order valence-corrected chi connectivity index (χ4v) is 3.37. The minimum absolute atomic E-state index is 0.184. The molecule has 0 atom stereocenters. The molecule has 2 N–H and O–H groups in total. The van der Waals surface area contributed by atoms with Gasteiger partial charge in [0.1, 0.15) is 0 Å². The Bertz CT molecular complexity index is 314. The molecular weight excluding hydrogens is 212 g/mol. The van der Waals surface area contributed by atoms with Gasteiger partial charge in [0, 0.05) is 19.1 Å². The van der Waals surface area contributed by atoms with Crippen LogP contribution in [0.2, 0.25) is 0 Å². The van der Waals surface area contributed by atoms with E-state index in [4.69, 9.17) is 5.73 Å². The van der Waals surface area contributed by atoms with Gasteiger partial charge in [0.2, 0.25) is 5.91 Å². The van der Waals surface area contributed by atoms with Crippen molar-refractivity contribution in [2.24, 2.45) is 23.0 Å². The van der Waals surface area contributed by atoms with E-state index in [-0.39, 0.29) is 5.41 Å². The van der Waals surface area contributed by atoms with E-state index in [2.05, 4.69) is 11.8 Å². The molecule has 0 spiro atoms. The van der Waals surface area contributed by atoms with Gasteiger partial charge in [0.25, 0.3) is 0 Å². The molecule has 0 aromatic carbocycles. The smallest absolute Gasteiger partial charge is 0.230 e. The normalized spacial score (nSPS) is 36.5. The Hall–Kier alpha value is -0.570. The number of nitrogens with zero attached hydrogens (tertiary/aromatic N) is 1. The molecule has 3 fully saturated rings. The number of carbonyl (C=O) groups excluding carboxylic acids is 1. The van der Waals surface area contributed by atoms with E-state index in [9.17, 15) is 4.79 Å². The molecule has 0 aliphatic heterocycles. The fourth-order valence-electron chi connectivity index (χ4n) is 3.37. The Morgan fingerprint density at radius 3 is 2.35 bits per heavy atom. The molecule has 0 unspecified atom stereocenters. The fraction of sp³-hybridized carbons (Fsp3) is 0.929. The first kappa shape index (κ1) is 11.5. The number of hydrogen-bond donors (Lipinski definition) is 1. The van der Waals surface area contributed by atoms with Crippen molar-refractivity contribution in [2.75, 3.05) is 13.1 Å². The van der Waals surface area contributed by atoms with Crippen LogP contribution >= 0.6 is 0 Å². The highest BCUT2D eigenvalue weighted by molar-refractivity contribution is 5.84. The summed E-state index contributed by atoms with van der Waals surface area (Å²) in [7, 11) is 0. The van der Waals surface area contributed by atoms with Crippen LogP contribution in [-0.2, 0) is 4.79 Å². The van der Waals surface area contributed by atoms with E-state index >= 15 is 0 Å². The first-order chi connectivity index (χ1) is 8.14. The maximum atomic E-state index is 12.7. The summed E-state index contributed by atoms with van der Waals surface area (Å²) in [5, 5.41) is 0. The quantitative estimate of drug-likeness (QED) is 0.790. The van der Waals surface area contributed by atoms with E-state index < -0.39 is 0 Å². The van der Waals surface area contributed by atoms with E-state index in [0.717, 1.165) is 25.3 Å². The van der Waals surface area contributed by atoms with E-state index in [1.165, 1.54) is 25.7 Å². The summed E-state index contributed by atoms with van der Waals surface area (Å²) in [5.74, 6) is 1.86. The molecule has 3 rings (SSSR count). The van der Waals surface area contributed by atoms with Crippen LogP contribution in [0.4, 0.5) is 0 Å². The van der Waals surface area contributed by atoms with Crippen LogP contribution in [0.1, 0.15) is 45.4 Å². The van der Waals surface area contributed by atoms with Gasteiger partial charge in [-0.1, -0.05) is 6.92 Å². The largest absolute Gasteiger partial charge is 0.339 e. The number of carbonyl (C=O) groups is 1. The third-order valence-electron chi connectivity index (χ3n) is 4.72. The summed E-state index contributed by atoms with van der Waals surface area (Å²) in [4.78, 5) is 14.9. The zero-order valence-corrected chi connectivity index (χ0v) is 10.8. The minimum Gasteiger partial charge on any atom is -0.339 e. The van der Waals surface area contributed by atoms with Crippen LogP contribution in [-0.4, -0.2) is 29.9 Å². The molecule has 96 valence electrons. The second-order valence-corrected chi connectivity index (χ2v) is 6.63. The molecule has 0 saturated heterocycles. The Balaban J connectivity index is 1.68.